The molecule has 1 saturated carbocycles. The van der Waals surface area contributed by atoms with Crippen LogP contribution in [0.5, 0.6) is 0 Å². The highest BCUT2D eigenvalue weighted by molar-refractivity contribution is 5.27. The minimum atomic E-state index is -0.392. The van der Waals surface area contributed by atoms with Crippen LogP contribution >= 0.6 is 0 Å². The van der Waals surface area contributed by atoms with Crippen LogP contribution in [0.2, 0.25) is 0 Å². The first-order valence-corrected chi connectivity index (χ1v) is 6.67. The van der Waals surface area contributed by atoms with Gasteiger partial charge in [0.25, 0.3) is 0 Å². The molecule has 2 rings (SSSR count). The van der Waals surface area contributed by atoms with Gasteiger partial charge in [0.2, 0.25) is 0 Å². The molecule has 0 amide bonds. The van der Waals surface area contributed by atoms with E-state index >= 15 is 0 Å². The Morgan fingerprint density at radius 1 is 1.29 bits per heavy atom. The van der Waals surface area contributed by atoms with E-state index in [2.05, 4.69) is 24.3 Å². The van der Waals surface area contributed by atoms with Gasteiger partial charge in [-0.15, -0.1) is 0 Å². The predicted molar refractivity (Wildman–Crippen MR) is 69.1 cm³/mol. The molecule has 94 valence electrons. The van der Waals surface area contributed by atoms with E-state index in [9.17, 15) is 5.11 Å². The van der Waals surface area contributed by atoms with Gasteiger partial charge in [-0.3, -0.25) is 0 Å². The average Bonchev–Trinajstić information content (AvgIpc) is 2.28. The molecule has 0 aromatic heterocycles. The second kappa shape index (κ2) is 6.18. The molecule has 0 saturated heterocycles. The zero-order valence-corrected chi connectivity index (χ0v) is 10.6. The van der Waals surface area contributed by atoms with Crippen molar-refractivity contribution in [2.24, 2.45) is 0 Å². The molecule has 1 aromatic carbocycles. The van der Waals surface area contributed by atoms with Crippen molar-refractivity contribution < 1.29 is 9.84 Å². The Kier molecular flexibility index (Phi) is 4.57. The van der Waals surface area contributed by atoms with Gasteiger partial charge in [-0.25, -0.2) is 0 Å². The topological polar surface area (TPSA) is 29.5 Å². The summed E-state index contributed by atoms with van der Waals surface area (Å²) in [5.74, 6) is 0.768. The number of rotatable bonds is 6. The molecule has 2 nitrogen and oxygen atoms in total. The van der Waals surface area contributed by atoms with Crippen LogP contribution in [0.1, 0.15) is 55.8 Å². The first-order valence-electron chi connectivity index (χ1n) is 6.67. The zero-order valence-electron chi connectivity index (χ0n) is 10.6. The second-order valence-corrected chi connectivity index (χ2v) is 4.80. The maximum Gasteiger partial charge on any atom is 0.0812 e. The summed E-state index contributed by atoms with van der Waals surface area (Å²) in [6.45, 7) is 3.31. The third-order valence-corrected chi connectivity index (χ3v) is 3.64. The molecule has 1 aromatic rings. The van der Waals surface area contributed by atoms with Crippen LogP contribution in [-0.2, 0) is 4.74 Å². The number of aliphatic hydroxyl groups is 1. The first kappa shape index (κ1) is 12.6. The van der Waals surface area contributed by atoms with E-state index < -0.39 is 6.10 Å². The summed E-state index contributed by atoms with van der Waals surface area (Å²) in [4.78, 5) is 0. The molecule has 0 radical (unpaired) electrons. The van der Waals surface area contributed by atoms with Crippen LogP contribution in [-0.4, -0.2) is 18.3 Å². The first-order chi connectivity index (χ1) is 8.31. The lowest BCUT2D eigenvalue weighted by atomic mass is 9.80. The Balaban J connectivity index is 1.87. The minimum absolute atomic E-state index is 0.392. The summed E-state index contributed by atoms with van der Waals surface area (Å²) in [7, 11) is 0. The Morgan fingerprint density at radius 2 is 2.00 bits per heavy atom. The molecular formula is C15H22O2. The van der Waals surface area contributed by atoms with E-state index in [1.807, 2.05) is 6.92 Å². The van der Waals surface area contributed by atoms with E-state index in [-0.39, 0.29) is 0 Å². The summed E-state index contributed by atoms with van der Waals surface area (Å²) >= 11 is 0. The van der Waals surface area contributed by atoms with Gasteiger partial charge in [0.15, 0.2) is 0 Å². The predicted octanol–water partition coefficient (Wildman–Crippen LogP) is 3.41. The van der Waals surface area contributed by atoms with Crippen molar-refractivity contribution >= 4 is 0 Å². The number of benzene rings is 1. The molecule has 1 atom stereocenters. The van der Waals surface area contributed by atoms with Crippen molar-refractivity contribution in [3.05, 3.63) is 35.4 Å². The average molecular weight is 234 g/mol. The van der Waals surface area contributed by atoms with E-state index in [0.717, 1.165) is 11.5 Å². The van der Waals surface area contributed by atoms with Gasteiger partial charge in [-0.1, -0.05) is 30.7 Å². The van der Waals surface area contributed by atoms with Gasteiger partial charge >= 0.3 is 0 Å². The standard InChI is InChI=1S/C15H22O2/c1-2-17-11-10-15(16)14-8-6-13(7-9-14)12-4-3-5-12/h6-9,12,15-16H,2-5,10-11H2,1H3. The molecule has 0 heterocycles. The highest BCUT2D eigenvalue weighted by atomic mass is 16.5. The van der Waals surface area contributed by atoms with Crippen molar-refractivity contribution in [2.45, 2.75) is 44.6 Å². The monoisotopic (exact) mass is 234 g/mol. The molecular weight excluding hydrogens is 212 g/mol. The summed E-state index contributed by atoms with van der Waals surface area (Å²) in [6.07, 6.45) is 4.30. The lowest BCUT2D eigenvalue weighted by molar-refractivity contribution is 0.0886. The van der Waals surface area contributed by atoms with Crippen molar-refractivity contribution in [2.75, 3.05) is 13.2 Å². The number of hydrogen-bond acceptors (Lipinski definition) is 2. The Hall–Kier alpha value is -0.860. The highest BCUT2D eigenvalue weighted by Crippen LogP contribution is 2.36. The fourth-order valence-corrected chi connectivity index (χ4v) is 2.24. The van der Waals surface area contributed by atoms with Gasteiger partial charge in [0.05, 0.1) is 6.10 Å². The SMILES string of the molecule is CCOCCC(O)c1ccc(C2CCC2)cc1. The molecule has 1 aliphatic rings. The zero-order chi connectivity index (χ0) is 12.1. The number of aliphatic hydroxyl groups excluding tert-OH is 1. The normalized spacial score (nSPS) is 17.8. The molecule has 0 spiro atoms. The lowest BCUT2D eigenvalue weighted by Crippen LogP contribution is -2.09. The fraction of sp³-hybridized carbons (Fsp3) is 0.600. The van der Waals surface area contributed by atoms with Crippen LogP contribution in [0.3, 0.4) is 0 Å². The quantitative estimate of drug-likeness (QED) is 0.764. The van der Waals surface area contributed by atoms with Crippen LogP contribution in [0.25, 0.3) is 0 Å². The summed E-state index contributed by atoms with van der Waals surface area (Å²) in [5, 5.41) is 9.97. The molecule has 0 aliphatic heterocycles. The molecule has 1 unspecified atom stereocenters. The Labute approximate surface area is 104 Å². The molecule has 0 bridgehead atoms. The maximum absolute atomic E-state index is 9.97. The van der Waals surface area contributed by atoms with E-state index in [1.165, 1.54) is 24.8 Å². The van der Waals surface area contributed by atoms with Crippen LogP contribution in [0.15, 0.2) is 24.3 Å². The number of hydrogen-bond donors (Lipinski definition) is 1. The largest absolute Gasteiger partial charge is 0.388 e. The second-order valence-electron chi connectivity index (χ2n) is 4.80. The van der Waals surface area contributed by atoms with Gasteiger partial charge < -0.3 is 9.84 Å². The molecule has 1 fully saturated rings. The van der Waals surface area contributed by atoms with Crippen molar-refractivity contribution in [3.8, 4) is 0 Å². The lowest BCUT2D eigenvalue weighted by Gasteiger charge is -2.26. The Bertz CT molecular complexity index is 327. The van der Waals surface area contributed by atoms with Gasteiger partial charge in [0, 0.05) is 19.6 Å². The van der Waals surface area contributed by atoms with Crippen LogP contribution < -0.4 is 0 Å². The van der Waals surface area contributed by atoms with Crippen LogP contribution in [0, 0.1) is 0 Å². The molecule has 17 heavy (non-hydrogen) atoms. The van der Waals surface area contributed by atoms with Crippen LogP contribution in [0.4, 0.5) is 0 Å². The van der Waals surface area contributed by atoms with E-state index in [0.29, 0.717) is 19.6 Å². The minimum Gasteiger partial charge on any atom is -0.388 e. The van der Waals surface area contributed by atoms with Gasteiger partial charge in [-0.2, -0.15) is 0 Å². The van der Waals surface area contributed by atoms with Crippen molar-refractivity contribution in [1.29, 1.82) is 0 Å². The summed E-state index contributed by atoms with van der Waals surface area (Å²) < 4.78 is 5.25. The molecule has 1 N–H and O–H groups in total. The highest BCUT2D eigenvalue weighted by Gasteiger charge is 2.19. The summed E-state index contributed by atoms with van der Waals surface area (Å²) in [5.41, 5.74) is 2.43. The molecule has 1 aliphatic carbocycles. The smallest absolute Gasteiger partial charge is 0.0812 e. The summed E-state index contributed by atoms with van der Waals surface area (Å²) in [6, 6.07) is 8.46. The third kappa shape index (κ3) is 3.30. The van der Waals surface area contributed by atoms with Gasteiger partial charge in [0.1, 0.15) is 0 Å². The fourth-order valence-electron chi connectivity index (χ4n) is 2.24. The number of ether oxygens (including phenoxy) is 1. The van der Waals surface area contributed by atoms with E-state index in [1.54, 1.807) is 0 Å². The molecule has 2 heteroatoms. The Morgan fingerprint density at radius 3 is 2.53 bits per heavy atom. The van der Waals surface area contributed by atoms with Crippen molar-refractivity contribution in [3.63, 3.8) is 0 Å². The maximum atomic E-state index is 9.97. The third-order valence-electron chi connectivity index (χ3n) is 3.64. The van der Waals surface area contributed by atoms with E-state index in [4.69, 9.17) is 4.74 Å². The van der Waals surface area contributed by atoms with Gasteiger partial charge in [-0.05, 0) is 36.8 Å². The van der Waals surface area contributed by atoms with Crippen molar-refractivity contribution in [1.82, 2.24) is 0 Å².